The standard InChI is InChI=1S/C11H16N2O6P2/c1-7-3-9-10(4-8(7)2)13(6-12-9)5-11(20(14,15)16)21(17,18)19/h3-4,6,11H,5H2,1-2H3,(H2,14,15,16)(H2,17,18,19). The van der Waals surface area contributed by atoms with Gasteiger partial charge in [-0.05, 0) is 37.1 Å². The smallest absolute Gasteiger partial charge is 0.329 e. The van der Waals surface area contributed by atoms with Crippen molar-refractivity contribution in [2.24, 2.45) is 0 Å². The third kappa shape index (κ3) is 3.43. The molecule has 4 N–H and O–H groups in total. The van der Waals surface area contributed by atoms with Crippen molar-refractivity contribution in [2.75, 3.05) is 0 Å². The molecule has 0 amide bonds. The first-order valence-corrected chi connectivity index (χ1v) is 9.39. The van der Waals surface area contributed by atoms with Crippen LogP contribution in [0.25, 0.3) is 11.0 Å². The molecular formula is C11H16N2O6P2. The Balaban J connectivity index is 2.50. The number of rotatable bonds is 4. The zero-order valence-corrected chi connectivity index (χ0v) is 13.2. The number of nitrogens with zero attached hydrogens (tertiary/aromatic N) is 2. The molecule has 1 aromatic carbocycles. The van der Waals surface area contributed by atoms with Crippen LogP contribution in [0.5, 0.6) is 0 Å². The average Bonchev–Trinajstić information content (AvgIpc) is 2.66. The van der Waals surface area contributed by atoms with E-state index in [1.807, 2.05) is 19.9 Å². The van der Waals surface area contributed by atoms with Gasteiger partial charge in [-0.2, -0.15) is 0 Å². The van der Waals surface area contributed by atoms with Gasteiger partial charge in [-0.3, -0.25) is 9.13 Å². The predicted molar refractivity (Wildman–Crippen MR) is 77.1 cm³/mol. The van der Waals surface area contributed by atoms with Crippen molar-refractivity contribution in [3.05, 3.63) is 29.6 Å². The number of aromatic nitrogens is 2. The van der Waals surface area contributed by atoms with E-state index < -0.39 is 27.1 Å². The van der Waals surface area contributed by atoms with Gasteiger partial charge in [0.1, 0.15) is 0 Å². The highest BCUT2D eigenvalue weighted by atomic mass is 31.2. The highest BCUT2D eigenvalue weighted by molar-refractivity contribution is 7.70. The molecule has 0 saturated carbocycles. The van der Waals surface area contributed by atoms with Gasteiger partial charge < -0.3 is 24.1 Å². The molecule has 1 heterocycles. The monoisotopic (exact) mass is 334 g/mol. The maximum atomic E-state index is 11.3. The Labute approximate surface area is 120 Å². The van der Waals surface area contributed by atoms with Gasteiger partial charge in [-0.25, -0.2) is 4.98 Å². The van der Waals surface area contributed by atoms with Crippen LogP contribution < -0.4 is 0 Å². The van der Waals surface area contributed by atoms with Crippen LogP contribution in [0, 0.1) is 13.8 Å². The Morgan fingerprint density at radius 2 is 1.62 bits per heavy atom. The number of hydrogen-bond acceptors (Lipinski definition) is 3. The maximum Gasteiger partial charge on any atom is 0.342 e. The minimum atomic E-state index is -4.95. The molecule has 0 radical (unpaired) electrons. The molecule has 2 aromatic rings. The first-order valence-electron chi connectivity index (χ1n) is 6.02. The molecule has 8 nitrogen and oxygen atoms in total. The highest BCUT2D eigenvalue weighted by Crippen LogP contribution is 2.60. The fourth-order valence-corrected chi connectivity index (χ4v) is 4.39. The number of aryl methyl sites for hydroxylation is 2. The van der Waals surface area contributed by atoms with Gasteiger partial charge >= 0.3 is 15.2 Å². The van der Waals surface area contributed by atoms with Crippen LogP contribution >= 0.6 is 15.2 Å². The molecule has 0 aliphatic rings. The van der Waals surface area contributed by atoms with Gasteiger partial charge in [0.15, 0.2) is 5.40 Å². The van der Waals surface area contributed by atoms with Gasteiger partial charge in [0.05, 0.1) is 17.4 Å². The summed E-state index contributed by atoms with van der Waals surface area (Å²) < 4.78 is 24.0. The molecule has 0 atom stereocenters. The lowest BCUT2D eigenvalue weighted by Crippen LogP contribution is -2.16. The minimum Gasteiger partial charge on any atom is -0.329 e. The second-order valence-electron chi connectivity index (χ2n) is 4.98. The third-order valence-electron chi connectivity index (χ3n) is 3.37. The topological polar surface area (TPSA) is 133 Å². The van der Waals surface area contributed by atoms with E-state index in [1.165, 1.54) is 10.9 Å². The number of benzene rings is 1. The van der Waals surface area contributed by atoms with Crippen LogP contribution in [0.3, 0.4) is 0 Å². The highest BCUT2D eigenvalue weighted by Gasteiger charge is 2.43. The van der Waals surface area contributed by atoms with Gasteiger partial charge in [-0.15, -0.1) is 0 Å². The van der Waals surface area contributed by atoms with Crippen LogP contribution in [0.4, 0.5) is 0 Å². The maximum absolute atomic E-state index is 11.3. The van der Waals surface area contributed by atoms with E-state index in [-0.39, 0.29) is 0 Å². The molecule has 0 bridgehead atoms. The van der Waals surface area contributed by atoms with Crippen molar-refractivity contribution in [1.29, 1.82) is 0 Å². The zero-order chi connectivity index (χ0) is 16.0. The molecule has 116 valence electrons. The molecule has 0 fully saturated rings. The van der Waals surface area contributed by atoms with Crippen molar-refractivity contribution in [2.45, 2.75) is 25.8 Å². The van der Waals surface area contributed by atoms with Crippen LogP contribution in [-0.4, -0.2) is 34.5 Å². The summed E-state index contributed by atoms with van der Waals surface area (Å²) in [6.45, 7) is 3.27. The van der Waals surface area contributed by atoms with E-state index >= 15 is 0 Å². The molecule has 2 rings (SSSR count). The molecule has 10 heteroatoms. The Hall–Kier alpha value is -1.01. The number of hydrogen-bond donors (Lipinski definition) is 4. The number of imidazole rings is 1. The molecule has 0 spiro atoms. The van der Waals surface area contributed by atoms with Crippen LogP contribution in [-0.2, 0) is 15.7 Å². The summed E-state index contributed by atoms with van der Waals surface area (Å²) in [6.07, 6.45) is 1.32. The molecule has 21 heavy (non-hydrogen) atoms. The molecule has 0 saturated heterocycles. The van der Waals surface area contributed by atoms with Crippen LogP contribution in [0.1, 0.15) is 11.1 Å². The van der Waals surface area contributed by atoms with E-state index in [0.717, 1.165) is 11.1 Å². The van der Waals surface area contributed by atoms with Crippen molar-refractivity contribution in [1.82, 2.24) is 9.55 Å². The summed E-state index contributed by atoms with van der Waals surface area (Å²) in [5.74, 6) is 0. The Morgan fingerprint density at radius 3 is 2.14 bits per heavy atom. The quantitative estimate of drug-likeness (QED) is 0.620. The second-order valence-corrected chi connectivity index (χ2v) is 8.99. The van der Waals surface area contributed by atoms with Crippen molar-refractivity contribution in [3.63, 3.8) is 0 Å². The molecule has 0 unspecified atom stereocenters. The first kappa shape index (κ1) is 16.4. The van der Waals surface area contributed by atoms with E-state index in [1.54, 1.807) is 6.07 Å². The molecule has 1 aromatic heterocycles. The number of fused-ring (bicyclic) bond motifs is 1. The lowest BCUT2D eigenvalue weighted by molar-refractivity contribution is 0.332. The summed E-state index contributed by atoms with van der Waals surface area (Å²) in [4.78, 5) is 40.8. The summed E-state index contributed by atoms with van der Waals surface area (Å²) in [5.41, 5.74) is 3.14. The van der Waals surface area contributed by atoms with Gasteiger partial charge in [0.25, 0.3) is 0 Å². The van der Waals surface area contributed by atoms with E-state index in [2.05, 4.69) is 4.98 Å². The van der Waals surface area contributed by atoms with E-state index in [0.29, 0.717) is 11.0 Å². The normalized spacial score (nSPS) is 13.3. The van der Waals surface area contributed by atoms with Gasteiger partial charge in [0.2, 0.25) is 0 Å². The third-order valence-corrected chi connectivity index (χ3v) is 7.06. The predicted octanol–water partition coefficient (Wildman–Crippen LogP) is 1.33. The van der Waals surface area contributed by atoms with Crippen LogP contribution in [0.2, 0.25) is 0 Å². The lowest BCUT2D eigenvalue weighted by atomic mass is 10.1. The van der Waals surface area contributed by atoms with Crippen molar-refractivity contribution in [3.8, 4) is 0 Å². The second kappa shape index (κ2) is 5.32. The summed E-state index contributed by atoms with van der Waals surface area (Å²) in [6, 6.07) is 3.58. The fourth-order valence-electron chi connectivity index (χ4n) is 2.04. The van der Waals surface area contributed by atoms with Crippen molar-refractivity contribution >= 4 is 26.2 Å². The largest absolute Gasteiger partial charge is 0.342 e. The zero-order valence-electron chi connectivity index (χ0n) is 11.4. The fraction of sp³-hybridized carbons (Fsp3) is 0.364. The average molecular weight is 334 g/mol. The Bertz CT molecular complexity index is 752. The van der Waals surface area contributed by atoms with E-state index in [4.69, 9.17) is 19.6 Å². The molecule has 0 aliphatic heterocycles. The van der Waals surface area contributed by atoms with Gasteiger partial charge in [0, 0.05) is 6.54 Å². The Morgan fingerprint density at radius 1 is 1.10 bits per heavy atom. The summed E-state index contributed by atoms with van der Waals surface area (Å²) in [7, 11) is -9.90. The van der Waals surface area contributed by atoms with E-state index in [9.17, 15) is 9.13 Å². The SMILES string of the molecule is Cc1cc2ncn(CC(P(=O)(O)O)P(=O)(O)O)c2cc1C. The van der Waals surface area contributed by atoms with Crippen LogP contribution in [0.15, 0.2) is 18.5 Å². The van der Waals surface area contributed by atoms with Gasteiger partial charge in [-0.1, -0.05) is 0 Å². The lowest BCUT2D eigenvalue weighted by Gasteiger charge is -2.20. The first-order chi connectivity index (χ1) is 9.50. The summed E-state index contributed by atoms with van der Waals surface area (Å²) >= 11 is 0. The summed E-state index contributed by atoms with van der Waals surface area (Å²) in [5, 5.41) is -2.08. The Kier molecular flexibility index (Phi) is 4.14. The molecular weight excluding hydrogens is 318 g/mol. The van der Waals surface area contributed by atoms with Crippen molar-refractivity contribution < 1.29 is 28.7 Å². The molecule has 0 aliphatic carbocycles. The minimum absolute atomic E-state index is 0.506.